The lowest BCUT2D eigenvalue weighted by Gasteiger charge is -2.44. The Kier molecular flexibility index (Phi) is 5.19. The lowest BCUT2D eigenvalue weighted by atomic mass is 9.99. The Balaban J connectivity index is 2.22. The van der Waals surface area contributed by atoms with Crippen molar-refractivity contribution >= 4 is 18.7 Å². The van der Waals surface area contributed by atoms with E-state index in [1.807, 2.05) is 0 Å². The first kappa shape index (κ1) is 18.0. The topological polar surface area (TPSA) is 9.23 Å². The van der Waals surface area contributed by atoms with E-state index in [1.54, 1.807) is 0 Å². The van der Waals surface area contributed by atoms with Crippen molar-refractivity contribution in [3.63, 3.8) is 0 Å². The number of allylic oxidation sites excluding steroid dienone is 2. The highest BCUT2D eigenvalue weighted by Gasteiger charge is 2.52. The van der Waals surface area contributed by atoms with Crippen LogP contribution in [0.15, 0.2) is 72.0 Å². The molecule has 0 atom stereocenters. The molecule has 0 radical (unpaired) electrons. The van der Waals surface area contributed by atoms with Crippen LogP contribution in [-0.4, -0.2) is 8.32 Å². The molecule has 0 bridgehead atoms. The quantitative estimate of drug-likeness (QED) is 0.670. The van der Waals surface area contributed by atoms with Gasteiger partial charge in [-0.3, -0.25) is 0 Å². The van der Waals surface area contributed by atoms with Crippen molar-refractivity contribution < 1.29 is 4.43 Å². The third-order valence-corrected chi connectivity index (χ3v) is 10.3. The molecule has 0 unspecified atom stereocenters. The van der Waals surface area contributed by atoms with Gasteiger partial charge >= 0.3 is 8.32 Å². The van der Waals surface area contributed by atoms with E-state index in [0.717, 1.165) is 6.42 Å². The second-order valence-corrected chi connectivity index (χ2v) is 12.4. The van der Waals surface area contributed by atoms with Gasteiger partial charge in [-0.1, -0.05) is 81.4 Å². The molecule has 0 saturated heterocycles. The normalized spacial score (nSPS) is 16.0. The number of hydrogen-bond acceptors (Lipinski definition) is 1. The summed E-state index contributed by atoms with van der Waals surface area (Å²) in [6.07, 6.45) is 4.79. The minimum atomic E-state index is -2.44. The summed E-state index contributed by atoms with van der Waals surface area (Å²) in [4.78, 5) is 0. The zero-order valence-electron chi connectivity index (χ0n) is 16.0. The van der Waals surface area contributed by atoms with Crippen LogP contribution in [0.3, 0.4) is 0 Å². The molecule has 0 amide bonds. The van der Waals surface area contributed by atoms with Crippen LogP contribution in [0, 0.1) is 0 Å². The molecule has 0 heterocycles. The van der Waals surface area contributed by atoms with Crippen LogP contribution in [0.1, 0.15) is 53.4 Å². The van der Waals surface area contributed by atoms with Gasteiger partial charge in [0.15, 0.2) is 0 Å². The molecule has 2 heteroatoms. The van der Waals surface area contributed by atoms with Crippen molar-refractivity contribution in [3.8, 4) is 0 Å². The van der Waals surface area contributed by atoms with Crippen LogP contribution < -0.4 is 10.4 Å². The van der Waals surface area contributed by atoms with Crippen LogP contribution in [-0.2, 0) is 4.43 Å². The average molecular weight is 351 g/mol. The van der Waals surface area contributed by atoms with Gasteiger partial charge in [0.1, 0.15) is 0 Å². The predicted molar refractivity (Wildman–Crippen MR) is 110 cm³/mol. The second-order valence-electron chi connectivity index (χ2n) is 8.18. The highest BCUT2D eigenvalue weighted by Crippen LogP contribution is 2.40. The molecule has 2 aromatic rings. The van der Waals surface area contributed by atoms with Gasteiger partial charge in [0.25, 0.3) is 0 Å². The molecular formula is C23H30OSi. The number of hydrogen-bond donors (Lipinski definition) is 0. The van der Waals surface area contributed by atoms with E-state index in [9.17, 15) is 0 Å². The highest BCUT2D eigenvalue weighted by molar-refractivity contribution is 6.99. The van der Waals surface area contributed by atoms with Crippen LogP contribution >= 0.6 is 0 Å². The largest absolute Gasteiger partial charge is 0.537 e. The smallest absolute Gasteiger partial charge is 0.319 e. The monoisotopic (exact) mass is 350 g/mol. The fourth-order valence-corrected chi connectivity index (χ4v) is 8.58. The lowest BCUT2D eigenvalue weighted by Crippen LogP contribution is -2.66. The van der Waals surface area contributed by atoms with Crippen LogP contribution in [0.25, 0.3) is 0 Å². The summed E-state index contributed by atoms with van der Waals surface area (Å²) in [5, 5.41) is 2.76. The highest BCUT2D eigenvalue weighted by atomic mass is 28.4. The molecule has 0 fully saturated rings. The fraction of sp³-hybridized carbons (Fsp3) is 0.391. The van der Waals surface area contributed by atoms with Gasteiger partial charge in [-0.25, -0.2) is 0 Å². The maximum Gasteiger partial charge on any atom is 0.319 e. The molecular weight excluding hydrogens is 320 g/mol. The summed E-state index contributed by atoms with van der Waals surface area (Å²) in [6, 6.07) is 21.9. The van der Waals surface area contributed by atoms with Crippen LogP contribution in [0.4, 0.5) is 0 Å². The molecule has 0 spiro atoms. The molecule has 2 aromatic carbocycles. The summed E-state index contributed by atoms with van der Waals surface area (Å²) < 4.78 is 7.15. The molecule has 3 rings (SSSR count). The Morgan fingerprint density at radius 1 is 0.760 bits per heavy atom. The minimum Gasteiger partial charge on any atom is -0.537 e. The van der Waals surface area contributed by atoms with E-state index in [-0.39, 0.29) is 5.04 Å². The zero-order chi connectivity index (χ0) is 17.9. The first-order valence-electron chi connectivity index (χ1n) is 9.44. The van der Waals surface area contributed by atoms with Gasteiger partial charge in [-0.15, -0.1) is 0 Å². The Hall–Kier alpha value is -1.80. The third-order valence-electron chi connectivity index (χ3n) is 5.37. The Bertz CT molecular complexity index is 686. The van der Waals surface area contributed by atoms with Crippen molar-refractivity contribution in [2.24, 2.45) is 0 Å². The molecule has 0 aromatic heterocycles. The predicted octanol–water partition coefficient (Wildman–Crippen LogP) is 5.41. The summed E-state index contributed by atoms with van der Waals surface area (Å²) in [5.74, 6) is 1.25. The summed E-state index contributed by atoms with van der Waals surface area (Å²) >= 11 is 0. The van der Waals surface area contributed by atoms with Crippen molar-refractivity contribution in [1.82, 2.24) is 0 Å². The summed E-state index contributed by atoms with van der Waals surface area (Å²) in [6.45, 7) is 9.29. The van der Waals surface area contributed by atoms with Gasteiger partial charge in [-0.05, 0) is 47.2 Å². The van der Waals surface area contributed by atoms with Gasteiger partial charge in [0, 0.05) is 6.42 Å². The summed E-state index contributed by atoms with van der Waals surface area (Å²) in [5.41, 5.74) is 1.44. The van der Waals surface area contributed by atoms with E-state index < -0.39 is 8.32 Å². The summed E-state index contributed by atoms with van der Waals surface area (Å²) in [7, 11) is -2.44. The maximum atomic E-state index is 7.15. The first-order chi connectivity index (χ1) is 11.9. The molecule has 25 heavy (non-hydrogen) atoms. The van der Waals surface area contributed by atoms with E-state index in [4.69, 9.17) is 4.43 Å². The standard InChI is InChI=1S/C23H30OSi/c1-19-13-11-12-18-22(19)24-25(23(2,3)4,20-14-7-5-8-15-20)21-16-9-6-10-17-21/h5-10,14-17H,11-13,18H2,1-4H3. The fourth-order valence-electron chi connectivity index (χ4n) is 4.00. The molecule has 1 nitrogen and oxygen atoms in total. The van der Waals surface area contributed by atoms with Gasteiger partial charge in [0.2, 0.25) is 0 Å². The lowest BCUT2D eigenvalue weighted by molar-refractivity contribution is 0.354. The van der Waals surface area contributed by atoms with E-state index in [2.05, 4.69) is 88.4 Å². The molecule has 1 aliphatic carbocycles. The van der Waals surface area contributed by atoms with Crippen LogP contribution in [0.2, 0.25) is 5.04 Å². The Morgan fingerprint density at radius 2 is 1.24 bits per heavy atom. The van der Waals surface area contributed by atoms with Gasteiger partial charge in [-0.2, -0.15) is 0 Å². The molecule has 0 aliphatic heterocycles. The molecule has 0 N–H and O–H groups in total. The van der Waals surface area contributed by atoms with Gasteiger partial charge < -0.3 is 4.43 Å². The van der Waals surface area contributed by atoms with Crippen molar-refractivity contribution in [2.75, 3.05) is 0 Å². The minimum absolute atomic E-state index is 0.0421. The van der Waals surface area contributed by atoms with E-state index >= 15 is 0 Å². The maximum absolute atomic E-state index is 7.15. The van der Waals surface area contributed by atoms with Crippen LogP contribution in [0.5, 0.6) is 0 Å². The Morgan fingerprint density at radius 3 is 1.68 bits per heavy atom. The Labute approximate surface area is 153 Å². The third kappa shape index (κ3) is 3.45. The zero-order valence-corrected chi connectivity index (χ0v) is 17.0. The van der Waals surface area contributed by atoms with E-state index in [1.165, 1.54) is 41.0 Å². The van der Waals surface area contributed by atoms with Crippen molar-refractivity contribution in [3.05, 3.63) is 72.0 Å². The van der Waals surface area contributed by atoms with Gasteiger partial charge in [0.05, 0.1) is 5.76 Å². The molecule has 1 aliphatic rings. The first-order valence-corrected chi connectivity index (χ1v) is 11.3. The van der Waals surface area contributed by atoms with Crippen molar-refractivity contribution in [1.29, 1.82) is 0 Å². The SMILES string of the molecule is CC1=C(O[Si](c2ccccc2)(c2ccccc2)C(C)(C)C)CCCC1. The molecule has 0 saturated carbocycles. The number of rotatable bonds is 4. The average Bonchev–Trinajstić information content (AvgIpc) is 2.61. The van der Waals surface area contributed by atoms with Crippen molar-refractivity contribution in [2.45, 2.75) is 58.4 Å². The second kappa shape index (κ2) is 7.21. The van der Waals surface area contributed by atoms with E-state index in [0.29, 0.717) is 0 Å². The molecule has 132 valence electrons. The number of benzene rings is 2.